The van der Waals surface area contributed by atoms with Gasteiger partial charge in [-0.1, -0.05) is 18.2 Å². The Morgan fingerprint density at radius 1 is 0.897 bits per heavy atom. The van der Waals surface area contributed by atoms with Gasteiger partial charge in [-0.3, -0.25) is 0 Å². The van der Waals surface area contributed by atoms with Gasteiger partial charge in [0, 0.05) is 24.9 Å². The summed E-state index contributed by atoms with van der Waals surface area (Å²) in [5.74, 6) is -0.706. The molecule has 0 spiro atoms. The highest BCUT2D eigenvalue weighted by Crippen LogP contribution is 2.36. The van der Waals surface area contributed by atoms with E-state index in [1.165, 1.54) is 6.07 Å². The van der Waals surface area contributed by atoms with Gasteiger partial charge in [0.2, 0.25) is 0 Å². The molecule has 1 heterocycles. The number of halogens is 7. The van der Waals surface area contributed by atoms with Gasteiger partial charge < -0.3 is 10.1 Å². The SMILES string of the molecule is Fc1ccccc1C1CNCC1COCc1cc(C(F)(F)F)cc(C(F)(F)F)c1. The van der Waals surface area contributed by atoms with Crippen LogP contribution in [0, 0.1) is 11.7 Å². The lowest BCUT2D eigenvalue weighted by Crippen LogP contribution is -2.18. The van der Waals surface area contributed by atoms with Crippen LogP contribution in [0.1, 0.15) is 28.2 Å². The van der Waals surface area contributed by atoms with E-state index >= 15 is 0 Å². The first-order valence-electron chi connectivity index (χ1n) is 8.87. The molecule has 2 atom stereocenters. The quantitative estimate of drug-likeness (QED) is 0.655. The van der Waals surface area contributed by atoms with E-state index in [0.717, 1.165) is 0 Å². The molecule has 9 heteroatoms. The molecule has 0 radical (unpaired) electrons. The summed E-state index contributed by atoms with van der Waals surface area (Å²) in [5.41, 5.74) is -2.47. The summed E-state index contributed by atoms with van der Waals surface area (Å²) >= 11 is 0. The third-order valence-corrected chi connectivity index (χ3v) is 4.89. The second kappa shape index (κ2) is 8.31. The molecule has 29 heavy (non-hydrogen) atoms. The van der Waals surface area contributed by atoms with E-state index in [1.54, 1.807) is 18.2 Å². The maximum atomic E-state index is 14.0. The summed E-state index contributed by atoms with van der Waals surface area (Å²) in [4.78, 5) is 0. The number of hydrogen-bond donors (Lipinski definition) is 1. The van der Waals surface area contributed by atoms with Crippen molar-refractivity contribution < 1.29 is 35.5 Å². The van der Waals surface area contributed by atoms with E-state index < -0.39 is 30.1 Å². The topological polar surface area (TPSA) is 21.3 Å². The first-order valence-corrected chi connectivity index (χ1v) is 8.87. The van der Waals surface area contributed by atoms with Crippen LogP contribution in [0.2, 0.25) is 0 Å². The molecule has 158 valence electrons. The minimum absolute atomic E-state index is 0.0730. The number of rotatable bonds is 5. The molecule has 2 aromatic carbocycles. The van der Waals surface area contributed by atoms with Crippen molar-refractivity contribution in [2.75, 3.05) is 19.7 Å². The summed E-state index contributed by atoms with van der Waals surface area (Å²) < 4.78 is 97.0. The number of hydrogen-bond acceptors (Lipinski definition) is 2. The standard InChI is InChI=1S/C20H18F7NO/c21-18-4-2-1-3-16(18)17-9-28-8-13(17)11-29-10-12-5-14(19(22,23)24)7-15(6-12)20(25,26)27/h1-7,13,17,28H,8-11H2. The van der Waals surface area contributed by atoms with Crippen LogP contribution in [0.5, 0.6) is 0 Å². The number of nitrogens with one attached hydrogen (secondary N) is 1. The Morgan fingerprint density at radius 2 is 1.52 bits per heavy atom. The van der Waals surface area contributed by atoms with Gasteiger partial charge >= 0.3 is 12.4 Å². The largest absolute Gasteiger partial charge is 0.416 e. The molecule has 1 aliphatic heterocycles. The van der Waals surface area contributed by atoms with Crippen molar-refractivity contribution in [2.24, 2.45) is 5.92 Å². The number of alkyl halides is 6. The molecule has 1 fully saturated rings. The van der Waals surface area contributed by atoms with E-state index in [0.29, 0.717) is 30.8 Å². The zero-order valence-electron chi connectivity index (χ0n) is 15.1. The Morgan fingerprint density at radius 3 is 2.10 bits per heavy atom. The Hall–Kier alpha value is -2.13. The summed E-state index contributed by atoms with van der Waals surface area (Å²) in [5, 5.41) is 3.11. The fourth-order valence-electron chi connectivity index (χ4n) is 3.48. The van der Waals surface area contributed by atoms with Crippen molar-refractivity contribution >= 4 is 0 Å². The Labute approximate surface area is 162 Å². The van der Waals surface area contributed by atoms with Crippen molar-refractivity contribution in [1.82, 2.24) is 5.32 Å². The second-order valence-corrected chi connectivity index (χ2v) is 6.98. The molecule has 2 aromatic rings. The summed E-state index contributed by atoms with van der Waals surface area (Å²) in [6.45, 7) is 0.684. The predicted molar refractivity (Wildman–Crippen MR) is 91.6 cm³/mol. The average Bonchev–Trinajstić information content (AvgIpc) is 3.09. The van der Waals surface area contributed by atoms with Crippen molar-refractivity contribution in [3.8, 4) is 0 Å². The van der Waals surface area contributed by atoms with Crippen LogP contribution in [-0.4, -0.2) is 19.7 Å². The van der Waals surface area contributed by atoms with Gasteiger partial charge in [-0.25, -0.2) is 4.39 Å². The van der Waals surface area contributed by atoms with Crippen LogP contribution in [0.4, 0.5) is 30.7 Å². The first-order chi connectivity index (χ1) is 13.6. The van der Waals surface area contributed by atoms with Crippen molar-refractivity contribution in [1.29, 1.82) is 0 Å². The molecule has 1 aliphatic rings. The number of ether oxygens (including phenoxy) is 1. The third-order valence-electron chi connectivity index (χ3n) is 4.89. The zero-order chi connectivity index (χ0) is 21.2. The van der Waals surface area contributed by atoms with Crippen LogP contribution >= 0.6 is 0 Å². The van der Waals surface area contributed by atoms with Crippen LogP contribution in [0.15, 0.2) is 42.5 Å². The second-order valence-electron chi connectivity index (χ2n) is 6.98. The zero-order valence-corrected chi connectivity index (χ0v) is 15.1. The van der Waals surface area contributed by atoms with E-state index in [1.807, 2.05) is 0 Å². The Balaban J connectivity index is 1.70. The molecule has 1 saturated heterocycles. The molecule has 0 amide bonds. The van der Waals surface area contributed by atoms with Gasteiger partial charge in [-0.05, 0) is 35.4 Å². The van der Waals surface area contributed by atoms with Crippen LogP contribution in [-0.2, 0) is 23.7 Å². The molecule has 2 nitrogen and oxygen atoms in total. The molecule has 0 bridgehead atoms. The lowest BCUT2D eigenvalue weighted by molar-refractivity contribution is -0.143. The summed E-state index contributed by atoms with van der Waals surface area (Å²) in [6.07, 6.45) is -9.80. The lowest BCUT2D eigenvalue weighted by Gasteiger charge is -2.20. The van der Waals surface area contributed by atoms with Gasteiger partial charge in [0.25, 0.3) is 0 Å². The monoisotopic (exact) mass is 421 g/mol. The maximum Gasteiger partial charge on any atom is 0.416 e. The Kier molecular flexibility index (Phi) is 6.19. The van der Waals surface area contributed by atoms with Crippen molar-refractivity contribution in [3.63, 3.8) is 0 Å². The van der Waals surface area contributed by atoms with E-state index in [4.69, 9.17) is 4.74 Å². The smallest absolute Gasteiger partial charge is 0.376 e. The fourth-order valence-corrected chi connectivity index (χ4v) is 3.48. The molecule has 1 N–H and O–H groups in total. The first kappa shape index (κ1) is 21.6. The molecule has 0 aromatic heterocycles. The van der Waals surface area contributed by atoms with Gasteiger partial charge in [0.05, 0.1) is 24.3 Å². The van der Waals surface area contributed by atoms with Crippen molar-refractivity contribution in [3.05, 3.63) is 70.5 Å². The summed E-state index contributed by atoms with van der Waals surface area (Å²) in [7, 11) is 0. The third kappa shape index (κ3) is 5.27. The van der Waals surface area contributed by atoms with Crippen LogP contribution in [0.25, 0.3) is 0 Å². The molecular weight excluding hydrogens is 403 g/mol. The summed E-state index contributed by atoms with van der Waals surface area (Å²) in [6, 6.07) is 7.65. The van der Waals surface area contributed by atoms with Crippen LogP contribution < -0.4 is 5.32 Å². The Bertz CT molecular complexity index is 815. The van der Waals surface area contributed by atoms with Gasteiger partial charge in [0.15, 0.2) is 0 Å². The molecule has 0 saturated carbocycles. The average molecular weight is 421 g/mol. The minimum Gasteiger partial charge on any atom is -0.376 e. The van der Waals surface area contributed by atoms with Gasteiger partial charge in [0.1, 0.15) is 5.82 Å². The predicted octanol–water partition coefficient (Wildman–Crippen LogP) is 5.38. The lowest BCUT2D eigenvalue weighted by atomic mass is 9.89. The van der Waals surface area contributed by atoms with Crippen molar-refractivity contribution in [2.45, 2.75) is 24.9 Å². The van der Waals surface area contributed by atoms with Crippen LogP contribution in [0.3, 0.4) is 0 Å². The maximum absolute atomic E-state index is 14.0. The van der Waals surface area contributed by atoms with Gasteiger partial charge in [-0.2, -0.15) is 26.3 Å². The van der Waals surface area contributed by atoms with E-state index in [9.17, 15) is 30.7 Å². The highest BCUT2D eigenvalue weighted by molar-refractivity contribution is 5.33. The fraction of sp³-hybridized carbons (Fsp3) is 0.400. The van der Waals surface area contributed by atoms with E-state index in [2.05, 4.69) is 5.32 Å². The molecule has 3 rings (SSSR count). The number of benzene rings is 2. The molecule has 2 unspecified atom stereocenters. The highest BCUT2D eigenvalue weighted by atomic mass is 19.4. The van der Waals surface area contributed by atoms with Gasteiger partial charge in [-0.15, -0.1) is 0 Å². The molecule has 0 aliphatic carbocycles. The van der Waals surface area contributed by atoms with E-state index in [-0.39, 0.29) is 35.9 Å². The minimum atomic E-state index is -4.90. The molecular formula is C20H18F7NO. The normalized spacial score (nSPS) is 20.2. The highest BCUT2D eigenvalue weighted by Gasteiger charge is 2.37.